The molecule has 0 spiro atoms. The summed E-state index contributed by atoms with van der Waals surface area (Å²) >= 11 is 7.48. The normalized spacial score (nSPS) is 10.6. The maximum atomic E-state index is 12.1. The van der Waals surface area contributed by atoms with Crippen molar-refractivity contribution in [3.8, 4) is 5.75 Å². The molecule has 0 radical (unpaired) electrons. The van der Waals surface area contributed by atoms with E-state index in [9.17, 15) is 4.79 Å². The van der Waals surface area contributed by atoms with Gasteiger partial charge in [0, 0.05) is 22.5 Å². The van der Waals surface area contributed by atoms with Crippen molar-refractivity contribution >= 4 is 34.0 Å². The molecule has 1 aromatic heterocycles. The SMILES string of the molecule is Cc1cc(Cl)cc(C)c1OCC(=O)Nc1ncc(Cc2ccccc2)s1. The van der Waals surface area contributed by atoms with Crippen LogP contribution in [0.4, 0.5) is 5.13 Å². The first-order valence-corrected chi connectivity index (χ1v) is 9.39. The summed E-state index contributed by atoms with van der Waals surface area (Å²) in [5.74, 6) is 0.452. The Morgan fingerprint density at radius 2 is 1.88 bits per heavy atom. The Bertz CT molecular complexity index is 886. The van der Waals surface area contributed by atoms with E-state index in [1.165, 1.54) is 16.9 Å². The number of thiazole rings is 1. The summed E-state index contributed by atoms with van der Waals surface area (Å²) < 4.78 is 5.67. The minimum absolute atomic E-state index is 0.0725. The van der Waals surface area contributed by atoms with Gasteiger partial charge in [-0.05, 0) is 42.7 Å². The average molecular weight is 387 g/mol. The first-order chi connectivity index (χ1) is 12.5. The summed E-state index contributed by atoms with van der Waals surface area (Å²) in [7, 11) is 0. The molecule has 1 heterocycles. The van der Waals surface area contributed by atoms with Crippen LogP contribution in [0.1, 0.15) is 21.6 Å². The quantitative estimate of drug-likeness (QED) is 0.647. The molecule has 0 aliphatic rings. The van der Waals surface area contributed by atoms with Crippen LogP contribution in [0.3, 0.4) is 0 Å². The van der Waals surface area contributed by atoms with Crippen LogP contribution in [-0.2, 0) is 11.2 Å². The number of nitrogens with zero attached hydrogens (tertiary/aromatic N) is 1. The molecule has 3 aromatic rings. The van der Waals surface area contributed by atoms with Crippen molar-refractivity contribution in [3.05, 3.63) is 75.3 Å². The largest absolute Gasteiger partial charge is 0.483 e. The number of nitrogens with one attached hydrogen (secondary N) is 1. The van der Waals surface area contributed by atoms with E-state index >= 15 is 0 Å². The van der Waals surface area contributed by atoms with Crippen molar-refractivity contribution in [2.45, 2.75) is 20.3 Å². The molecule has 26 heavy (non-hydrogen) atoms. The first-order valence-electron chi connectivity index (χ1n) is 8.19. The summed E-state index contributed by atoms with van der Waals surface area (Å²) in [4.78, 5) is 17.5. The number of rotatable bonds is 6. The standard InChI is InChI=1S/C20H19ClN2O2S/c1-13-8-16(21)9-14(2)19(13)25-12-18(24)23-20-22-11-17(26-20)10-15-6-4-3-5-7-15/h3-9,11H,10,12H2,1-2H3,(H,22,23,24). The van der Waals surface area contributed by atoms with Crippen LogP contribution < -0.4 is 10.1 Å². The van der Waals surface area contributed by atoms with Crippen LogP contribution in [0.5, 0.6) is 5.75 Å². The summed E-state index contributed by atoms with van der Waals surface area (Å²) in [5.41, 5.74) is 3.02. The van der Waals surface area contributed by atoms with E-state index in [-0.39, 0.29) is 12.5 Å². The molecule has 134 valence electrons. The van der Waals surface area contributed by atoms with Crippen molar-refractivity contribution in [1.29, 1.82) is 0 Å². The van der Waals surface area contributed by atoms with Crippen molar-refractivity contribution in [3.63, 3.8) is 0 Å². The highest BCUT2D eigenvalue weighted by Gasteiger charge is 2.11. The summed E-state index contributed by atoms with van der Waals surface area (Å²) in [6.45, 7) is 3.74. The van der Waals surface area contributed by atoms with Gasteiger partial charge in [0.15, 0.2) is 11.7 Å². The smallest absolute Gasteiger partial charge is 0.264 e. The minimum atomic E-state index is -0.237. The van der Waals surface area contributed by atoms with E-state index < -0.39 is 0 Å². The van der Waals surface area contributed by atoms with Gasteiger partial charge in [0.1, 0.15) is 5.75 Å². The first kappa shape index (κ1) is 18.4. The molecule has 0 unspecified atom stereocenters. The van der Waals surface area contributed by atoms with Gasteiger partial charge in [-0.15, -0.1) is 11.3 Å². The van der Waals surface area contributed by atoms with E-state index in [4.69, 9.17) is 16.3 Å². The van der Waals surface area contributed by atoms with Crippen LogP contribution in [0.25, 0.3) is 0 Å². The number of aromatic nitrogens is 1. The number of ether oxygens (including phenoxy) is 1. The van der Waals surface area contributed by atoms with E-state index in [0.29, 0.717) is 15.9 Å². The minimum Gasteiger partial charge on any atom is -0.483 e. The van der Waals surface area contributed by atoms with Crippen LogP contribution >= 0.6 is 22.9 Å². The Hall–Kier alpha value is -2.37. The highest BCUT2D eigenvalue weighted by atomic mass is 35.5. The van der Waals surface area contributed by atoms with E-state index in [1.807, 2.05) is 44.2 Å². The summed E-state index contributed by atoms with van der Waals surface area (Å²) in [6.07, 6.45) is 2.59. The lowest BCUT2D eigenvalue weighted by Gasteiger charge is -2.12. The van der Waals surface area contributed by atoms with Gasteiger partial charge in [-0.3, -0.25) is 10.1 Å². The molecule has 0 saturated heterocycles. The van der Waals surface area contributed by atoms with Gasteiger partial charge >= 0.3 is 0 Å². The van der Waals surface area contributed by atoms with Gasteiger partial charge in [-0.1, -0.05) is 41.9 Å². The average Bonchev–Trinajstić information content (AvgIpc) is 3.01. The predicted octanol–water partition coefficient (Wildman–Crippen LogP) is 5.02. The molecular formula is C20H19ClN2O2S. The van der Waals surface area contributed by atoms with Crippen molar-refractivity contribution < 1.29 is 9.53 Å². The Balaban J connectivity index is 1.56. The van der Waals surface area contributed by atoms with Gasteiger partial charge in [-0.2, -0.15) is 0 Å². The molecule has 0 saturated carbocycles. The zero-order valence-corrected chi connectivity index (χ0v) is 16.2. The lowest BCUT2D eigenvalue weighted by molar-refractivity contribution is -0.118. The predicted molar refractivity (Wildman–Crippen MR) is 106 cm³/mol. The third-order valence-corrected chi connectivity index (χ3v) is 4.92. The summed E-state index contributed by atoms with van der Waals surface area (Å²) in [6, 6.07) is 13.8. The monoisotopic (exact) mass is 386 g/mol. The number of hydrogen-bond donors (Lipinski definition) is 1. The fourth-order valence-electron chi connectivity index (χ4n) is 2.66. The second-order valence-electron chi connectivity index (χ2n) is 6.00. The number of benzene rings is 2. The van der Waals surface area contributed by atoms with Crippen LogP contribution in [0, 0.1) is 13.8 Å². The number of carbonyl (C=O) groups excluding carboxylic acids is 1. The lowest BCUT2D eigenvalue weighted by Crippen LogP contribution is -2.20. The number of hydrogen-bond acceptors (Lipinski definition) is 4. The Morgan fingerprint density at radius 3 is 2.58 bits per heavy atom. The number of halogens is 1. The molecule has 1 N–H and O–H groups in total. The van der Waals surface area contributed by atoms with Gasteiger partial charge in [0.2, 0.25) is 0 Å². The van der Waals surface area contributed by atoms with Gasteiger partial charge in [0.05, 0.1) is 0 Å². The number of amides is 1. The molecule has 0 atom stereocenters. The molecule has 3 rings (SSSR count). The zero-order valence-electron chi connectivity index (χ0n) is 14.6. The zero-order chi connectivity index (χ0) is 18.5. The topological polar surface area (TPSA) is 51.2 Å². The highest BCUT2D eigenvalue weighted by Crippen LogP contribution is 2.27. The highest BCUT2D eigenvalue weighted by molar-refractivity contribution is 7.15. The third kappa shape index (κ3) is 4.84. The molecule has 4 nitrogen and oxygen atoms in total. The third-order valence-electron chi connectivity index (χ3n) is 3.79. The molecule has 0 aliphatic carbocycles. The second kappa shape index (κ2) is 8.34. The van der Waals surface area contributed by atoms with Crippen LogP contribution in [0.15, 0.2) is 48.7 Å². The van der Waals surface area contributed by atoms with Gasteiger partial charge in [0.25, 0.3) is 5.91 Å². The van der Waals surface area contributed by atoms with Crippen molar-refractivity contribution in [2.75, 3.05) is 11.9 Å². The fraction of sp³-hybridized carbons (Fsp3) is 0.200. The molecular weight excluding hydrogens is 368 g/mol. The maximum Gasteiger partial charge on any atom is 0.264 e. The Kier molecular flexibility index (Phi) is 5.91. The number of anilines is 1. The molecule has 2 aromatic carbocycles. The fourth-order valence-corrected chi connectivity index (χ4v) is 3.85. The van der Waals surface area contributed by atoms with E-state index in [1.54, 1.807) is 6.20 Å². The van der Waals surface area contributed by atoms with E-state index in [2.05, 4.69) is 22.4 Å². The van der Waals surface area contributed by atoms with Gasteiger partial charge in [-0.25, -0.2) is 4.98 Å². The molecule has 0 fully saturated rings. The van der Waals surface area contributed by atoms with Crippen molar-refractivity contribution in [1.82, 2.24) is 4.98 Å². The van der Waals surface area contributed by atoms with Gasteiger partial charge < -0.3 is 4.74 Å². The maximum absolute atomic E-state index is 12.1. The van der Waals surface area contributed by atoms with Crippen molar-refractivity contribution in [2.24, 2.45) is 0 Å². The van der Waals surface area contributed by atoms with Crippen LogP contribution in [-0.4, -0.2) is 17.5 Å². The van der Waals surface area contributed by atoms with E-state index in [0.717, 1.165) is 22.4 Å². The molecule has 0 bridgehead atoms. The summed E-state index contributed by atoms with van der Waals surface area (Å²) in [5, 5.41) is 4.02. The Morgan fingerprint density at radius 1 is 1.19 bits per heavy atom. The second-order valence-corrected chi connectivity index (χ2v) is 7.55. The lowest BCUT2D eigenvalue weighted by atomic mass is 10.1. The molecule has 0 aliphatic heterocycles. The molecule has 6 heteroatoms. The Labute approximate surface area is 161 Å². The number of aryl methyl sites for hydroxylation is 2. The number of carbonyl (C=O) groups is 1. The van der Waals surface area contributed by atoms with Crippen LogP contribution in [0.2, 0.25) is 5.02 Å². The molecule has 1 amide bonds.